The summed E-state index contributed by atoms with van der Waals surface area (Å²) in [7, 11) is 0. The number of hydrogen-bond acceptors (Lipinski definition) is 3. The number of allylic oxidation sites excluding steroid dienone is 1. The van der Waals surface area contributed by atoms with Crippen molar-refractivity contribution in [1.82, 2.24) is 10.6 Å². The minimum absolute atomic E-state index is 0.287. The van der Waals surface area contributed by atoms with Crippen molar-refractivity contribution in [2.75, 3.05) is 5.32 Å². The lowest BCUT2D eigenvalue weighted by molar-refractivity contribution is -0.137. The molecular formula is C18H16F3N3OS2. The molecule has 0 aliphatic carbocycles. The Morgan fingerprint density at radius 1 is 1.22 bits per heavy atom. The molecule has 1 atom stereocenters. The normalized spacial score (nSPS) is 17.4. The molecule has 1 aromatic carbocycles. The van der Waals surface area contributed by atoms with E-state index in [1.807, 2.05) is 18.4 Å². The third kappa shape index (κ3) is 3.98. The molecule has 3 N–H and O–H groups in total. The summed E-state index contributed by atoms with van der Waals surface area (Å²) >= 11 is 6.63. The number of carbonyl (C=O) groups is 1. The number of nitrogens with one attached hydrogen (secondary N) is 3. The minimum atomic E-state index is -4.57. The van der Waals surface area contributed by atoms with Crippen LogP contribution < -0.4 is 16.0 Å². The van der Waals surface area contributed by atoms with Crippen LogP contribution in [-0.4, -0.2) is 11.0 Å². The van der Waals surface area contributed by atoms with Gasteiger partial charge in [-0.15, -0.1) is 11.3 Å². The molecule has 9 heteroatoms. The largest absolute Gasteiger partial charge is 0.418 e. The number of rotatable bonds is 3. The van der Waals surface area contributed by atoms with E-state index in [9.17, 15) is 18.0 Å². The van der Waals surface area contributed by atoms with Crippen LogP contribution in [0, 0.1) is 6.92 Å². The fourth-order valence-electron chi connectivity index (χ4n) is 2.90. The average Bonchev–Trinajstić information content (AvgIpc) is 2.99. The molecule has 1 aliphatic rings. The summed E-state index contributed by atoms with van der Waals surface area (Å²) in [5, 5.41) is 10.6. The summed E-state index contributed by atoms with van der Waals surface area (Å²) < 4.78 is 39.7. The van der Waals surface area contributed by atoms with Crippen molar-refractivity contribution in [3.05, 3.63) is 63.0 Å². The Kier molecular flexibility index (Phi) is 5.25. The van der Waals surface area contributed by atoms with Crippen LogP contribution >= 0.6 is 23.6 Å². The fourth-order valence-corrected chi connectivity index (χ4v) is 4.16. The predicted octanol–water partition coefficient (Wildman–Crippen LogP) is 4.51. The maximum absolute atomic E-state index is 13.2. The van der Waals surface area contributed by atoms with E-state index in [0.717, 1.165) is 16.5 Å². The van der Waals surface area contributed by atoms with Crippen LogP contribution in [-0.2, 0) is 11.0 Å². The molecule has 4 nitrogen and oxygen atoms in total. The summed E-state index contributed by atoms with van der Waals surface area (Å²) in [4.78, 5) is 13.8. The first-order chi connectivity index (χ1) is 12.7. The monoisotopic (exact) mass is 411 g/mol. The molecule has 0 saturated carbocycles. The SMILES string of the molecule is CC1=C(C(=O)Nc2ccccc2C(F)(F)F)[C@H](c2sccc2C)NC(=S)N1. The van der Waals surface area contributed by atoms with Gasteiger partial charge in [0.1, 0.15) is 0 Å². The van der Waals surface area contributed by atoms with Gasteiger partial charge in [0.15, 0.2) is 5.11 Å². The molecule has 0 saturated heterocycles. The fraction of sp³-hybridized carbons (Fsp3) is 0.222. The molecule has 142 valence electrons. The molecule has 2 aromatic rings. The third-order valence-electron chi connectivity index (χ3n) is 4.16. The van der Waals surface area contributed by atoms with E-state index >= 15 is 0 Å². The number of thiocarbonyl (C=S) groups is 1. The Labute approximate surface area is 163 Å². The number of amides is 1. The second-order valence-electron chi connectivity index (χ2n) is 6.04. The van der Waals surface area contributed by atoms with Crippen molar-refractivity contribution in [1.29, 1.82) is 0 Å². The van der Waals surface area contributed by atoms with E-state index in [-0.39, 0.29) is 5.69 Å². The molecule has 0 unspecified atom stereocenters. The second-order valence-corrected chi connectivity index (χ2v) is 7.39. The smallest absolute Gasteiger partial charge is 0.350 e. The van der Waals surface area contributed by atoms with Crippen molar-refractivity contribution >= 4 is 40.3 Å². The van der Waals surface area contributed by atoms with Gasteiger partial charge < -0.3 is 16.0 Å². The number of carbonyl (C=O) groups excluding carboxylic acids is 1. The van der Waals surface area contributed by atoms with E-state index in [1.54, 1.807) is 6.92 Å². The summed E-state index contributed by atoms with van der Waals surface area (Å²) in [5.41, 5.74) is 0.582. The number of alkyl halides is 3. The highest BCUT2D eigenvalue weighted by molar-refractivity contribution is 7.80. The van der Waals surface area contributed by atoms with Gasteiger partial charge in [0.2, 0.25) is 0 Å². The summed E-state index contributed by atoms with van der Waals surface area (Å²) in [6.45, 7) is 3.58. The number of halogens is 3. The summed E-state index contributed by atoms with van der Waals surface area (Å²) in [6.07, 6.45) is -4.57. The molecule has 1 amide bonds. The first-order valence-corrected chi connectivity index (χ1v) is 9.27. The van der Waals surface area contributed by atoms with Gasteiger partial charge in [0, 0.05) is 10.6 Å². The van der Waals surface area contributed by atoms with E-state index in [1.165, 1.54) is 29.5 Å². The highest BCUT2D eigenvalue weighted by atomic mass is 32.1. The lowest BCUT2D eigenvalue weighted by Gasteiger charge is -2.30. The van der Waals surface area contributed by atoms with Crippen LogP contribution in [0.1, 0.15) is 29.0 Å². The van der Waals surface area contributed by atoms with Crippen LogP contribution in [0.25, 0.3) is 0 Å². The molecular weight excluding hydrogens is 395 g/mol. The standard InChI is InChI=1S/C18H16F3N3OS2/c1-9-7-8-27-15(9)14-13(10(2)22-17(26)24-14)16(25)23-12-6-4-3-5-11(12)18(19,20)21/h3-8,14H,1-2H3,(H,23,25)(H2,22,24,26)/t14-/m1/s1. The van der Waals surface area contributed by atoms with Gasteiger partial charge in [-0.1, -0.05) is 12.1 Å². The summed E-state index contributed by atoms with van der Waals surface area (Å²) in [5.74, 6) is -0.621. The third-order valence-corrected chi connectivity index (χ3v) is 5.46. The van der Waals surface area contributed by atoms with E-state index in [0.29, 0.717) is 16.4 Å². The zero-order chi connectivity index (χ0) is 19.8. The lowest BCUT2D eigenvalue weighted by atomic mass is 9.98. The van der Waals surface area contributed by atoms with Gasteiger partial charge >= 0.3 is 6.18 Å². The molecule has 0 radical (unpaired) electrons. The molecule has 2 heterocycles. The molecule has 27 heavy (non-hydrogen) atoms. The van der Waals surface area contributed by atoms with Gasteiger partial charge in [-0.05, 0) is 55.2 Å². The molecule has 0 spiro atoms. The van der Waals surface area contributed by atoms with Gasteiger partial charge in [0.25, 0.3) is 5.91 Å². The van der Waals surface area contributed by atoms with Crippen molar-refractivity contribution in [2.24, 2.45) is 0 Å². The lowest BCUT2D eigenvalue weighted by Crippen LogP contribution is -2.45. The van der Waals surface area contributed by atoms with Crippen molar-refractivity contribution in [3.8, 4) is 0 Å². The highest BCUT2D eigenvalue weighted by Crippen LogP contribution is 2.36. The van der Waals surface area contributed by atoms with Crippen LogP contribution in [0.15, 0.2) is 47.0 Å². The van der Waals surface area contributed by atoms with Gasteiger partial charge in [-0.25, -0.2) is 0 Å². The Morgan fingerprint density at radius 2 is 1.93 bits per heavy atom. The Balaban J connectivity index is 1.99. The minimum Gasteiger partial charge on any atom is -0.350 e. The van der Waals surface area contributed by atoms with Crippen LogP contribution in [0.3, 0.4) is 0 Å². The van der Waals surface area contributed by atoms with Crippen molar-refractivity contribution < 1.29 is 18.0 Å². The number of benzene rings is 1. The number of anilines is 1. The second kappa shape index (κ2) is 7.32. The van der Waals surface area contributed by atoms with Crippen LogP contribution in [0.2, 0.25) is 0 Å². The van der Waals surface area contributed by atoms with Crippen LogP contribution in [0.4, 0.5) is 18.9 Å². The maximum Gasteiger partial charge on any atom is 0.418 e. The molecule has 3 rings (SSSR count). The molecule has 0 bridgehead atoms. The Bertz CT molecular complexity index is 934. The first-order valence-electron chi connectivity index (χ1n) is 7.98. The van der Waals surface area contributed by atoms with E-state index < -0.39 is 23.7 Å². The van der Waals surface area contributed by atoms with E-state index in [4.69, 9.17) is 12.2 Å². The zero-order valence-corrected chi connectivity index (χ0v) is 16.0. The van der Waals surface area contributed by atoms with Crippen LogP contribution in [0.5, 0.6) is 0 Å². The first kappa shape index (κ1) is 19.4. The Morgan fingerprint density at radius 3 is 2.56 bits per heavy atom. The molecule has 0 fully saturated rings. The molecule has 1 aliphatic heterocycles. The van der Waals surface area contributed by atoms with Gasteiger partial charge in [-0.3, -0.25) is 4.79 Å². The maximum atomic E-state index is 13.2. The number of hydrogen-bond donors (Lipinski definition) is 3. The summed E-state index contributed by atoms with van der Waals surface area (Å²) in [6, 6.07) is 6.27. The Hall–Kier alpha value is -2.39. The van der Waals surface area contributed by atoms with Crippen molar-refractivity contribution in [2.45, 2.75) is 26.1 Å². The number of para-hydroxylation sites is 1. The quantitative estimate of drug-likeness (QED) is 0.651. The average molecular weight is 411 g/mol. The molecule has 1 aromatic heterocycles. The predicted molar refractivity (Wildman–Crippen MR) is 103 cm³/mol. The number of aryl methyl sites for hydroxylation is 1. The van der Waals surface area contributed by atoms with E-state index in [2.05, 4.69) is 16.0 Å². The van der Waals surface area contributed by atoms with Crippen molar-refractivity contribution in [3.63, 3.8) is 0 Å². The van der Waals surface area contributed by atoms with Gasteiger partial charge in [0.05, 0.1) is 22.9 Å². The highest BCUT2D eigenvalue weighted by Gasteiger charge is 2.35. The number of thiophene rings is 1. The van der Waals surface area contributed by atoms with Gasteiger partial charge in [-0.2, -0.15) is 13.2 Å². The zero-order valence-electron chi connectivity index (χ0n) is 14.4. The topological polar surface area (TPSA) is 53.2 Å².